The number of anilines is 2. The molecule has 1 aliphatic heterocycles. The lowest BCUT2D eigenvalue weighted by Gasteiger charge is -2.32. The van der Waals surface area contributed by atoms with Gasteiger partial charge in [0, 0.05) is 18.0 Å². The van der Waals surface area contributed by atoms with Crippen molar-refractivity contribution in [3.8, 4) is 0 Å². The Balaban J connectivity index is 1.58. The van der Waals surface area contributed by atoms with Crippen LogP contribution in [-0.4, -0.2) is 5.78 Å². The van der Waals surface area contributed by atoms with Gasteiger partial charge in [-0.2, -0.15) is 13.2 Å². The predicted molar refractivity (Wildman–Crippen MR) is 123 cm³/mol. The topological polar surface area (TPSA) is 41.1 Å². The molecule has 0 bridgehead atoms. The minimum atomic E-state index is -4.41. The Labute approximate surface area is 190 Å². The molecule has 6 heteroatoms. The number of para-hydroxylation sites is 2. The maximum absolute atomic E-state index is 13.5. The summed E-state index contributed by atoms with van der Waals surface area (Å²) < 4.78 is 39.3. The van der Waals surface area contributed by atoms with E-state index in [2.05, 4.69) is 16.7 Å². The van der Waals surface area contributed by atoms with Crippen molar-refractivity contribution in [1.82, 2.24) is 0 Å². The summed E-state index contributed by atoms with van der Waals surface area (Å²) in [4.78, 5) is 13.5. The van der Waals surface area contributed by atoms with Gasteiger partial charge in [0.1, 0.15) is 5.78 Å². The number of alkyl halides is 3. The first-order chi connectivity index (χ1) is 15.8. The van der Waals surface area contributed by atoms with Crippen LogP contribution in [0.4, 0.5) is 24.5 Å². The largest absolute Gasteiger partial charge is 0.416 e. The van der Waals surface area contributed by atoms with Crippen molar-refractivity contribution in [2.45, 2.75) is 31.5 Å². The van der Waals surface area contributed by atoms with Crippen molar-refractivity contribution in [2.24, 2.45) is 5.92 Å². The smallest absolute Gasteiger partial charge is 0.375 e. The van der Waals surface area contributed by atoms with E-state index in [1.54, 1.807) is 0 Å². The highest BCUT2D eigenvalue weighted by molar-refractivity contribution is 5.90. The SMILES string of the molecule is Cc1ccc(C2C=C3Nc4ccccc4NC(c4ccc(C(F)(F)F)cc4)C3C(=O)C2)cc1. The quantitative estimate of drug-likeness (QED) is 0.451. The number of benzene rings is 3. The number of allylic oxidation sites excluding steroid dienone is 1. The van der Waals surface area contributed by atoms with Crippen LogP contribution < -0.4 is 10.6 Å². The molecule has 0 saturated heterocycles. The molecule has 3 aromatic carbocycles. The number of Topliss-reactive ketones (excluding diaryl/α,β-unsaturated/α-hetero) is 1. The summed E-state index contributed by atoms with van der Waals surface area (Å²) in [5, 5.41) is 6.86. The normalized spacial score (nSPS) is 22.2. The predicted octanol–water partition coefficient (Wildman–Crippen LogP) is 6.85. The van der Waals surface area contributed by atoms with Gasteiger partial charge >= 0.3 is 6.18 Å². The third-order valence-electron chi connectivity index (χ3n) is 6.44. The molecule has 0 fully saturated rings. The van der Waals surface area contributed by atoms with Gasteiger partial charge < -0.3 is 10.6 Å². The second-order valence-electron chi connectivity index (χ2n) is 8.70. The second kappa shape index (κ2) is 8.10. The third kappa shape index (κ3) is 4.13. The zero-order valence-electron chi connectivity index (χ0n) is 18.0. The number of ketones is 1. The summed E-state index contributed by atoms with van der Waals surface area (Å²) in [5.41, 5.74) is 4.57. The van der Waals surface area contributed by atoms with Gasteiger partial charge in [-0.25, -0.2) is 0 Å². The van der Waals surface area contributed by atoms with Crippen LogP contribution in [0.1, 0.15) is 40.6 Å². The van der Waals surface area contributed by atoms with E-state index >= 15 is 0 Å². The third-order valence-corrected chi connectivity index (χ3v) is 6.44. The molecule has 0 amide bonds. The van der Waals surface area contributed by atoms with Gasteiger partial charge in [-0.3, -0.25) is 4.79 Å². The van der Waals surface area contributed by atoms with E-state index < -0.39 is 23.7 Å². The molecule has 5 rings (SSSR count). The monoisotopic (exact) mass is 448 g/mol. The van der Waals surface area contributed by atoms with E-state index in [1.807, 2.05) is 55.5 Å². The van der Waals surface area contributed by atoms with Crippen LogP contribution in [0.5, 0.6) is 0 Å². The number of halogens is 3. The highest BCUT2D eigenvalue weighted by atomic mass is 19.4. The highest BCUT2D eigenvalue weighted by Crippen LogP contribution is 2.44. The fraction of sp³-hybridized carbons (Fsp3) is 0.222. The van der Waals surface area contributed by atoms with Crippen LogP contribution in [-0.2, 0) is 11.0 Å². The van der Waals surface area contributed by atoms with Crippen LogP contribution in [0.15, 0.2) is 84.6 Å². The van der Waals surface area contributed by atoms with Gasteiger partial charge in [-0.15, -0.1) is 0 Å². The maximum Gasteiger partial charge on any atom is 0.416 e. The molecule has 0 aromatic heterocycles. The average Bonchev–Trinajstić information content (AvgIpc) is 2.96. The zero-order valence-corrected chi connectivity index (χ0v) is 18.0. The molecule has 168 valence electrons. The summed E-state index contributed by atoms with van der Waals surface area (Å²) in [6.45, 7) is 2.02. The average molecular weight is 448 g/mol. The lowest BCUT2D eigenvalue weighted by molar-refractivity contribution is -0.137. The summed E-state index contributed by atoms with van der Waals surface area (Å²) in [6.07, 6.45) is -1.97. The van der Waals surface area contributed by atoms with E-state index in [0.29, 0.717) is 12.0 Å². The Kier molecular flexibility index (Phi) is 5.23. The summed E-state index contributed by atoms with van der Waals surface area (Å²) in [6, 6.07) is 20.4. The van der Waals surface area contributed by atoms with Gasteiger partial charge in [0.05, 0.1) is 28.9 Å². The molecule has 33 heavy (non-hydrogen) atoms. The van der Waals surface area contributed by atoms with Crippen LogP contribution >= 0.6 is 0 Å². The second-order valence-corrected chi connectivity index (χ2v) is 8.70. The molecule has 0 radical (unpaired) electrons. The van der Waals surface area contributed by atoms with Gasteiger partial charge in [0.25, 0.3) is 0 Å². The zero-order chi connectivity index (χ0) is 23.2. The number of hydrogen-bond acceptors (Lipinski definition) is 3. The van der Waals surface area contributed by atoms with Crippen LogP contribution in [0.2, 0.25) is 0 Å². The molecular formula is C27H23F3N2O. The van der Waals surface area contributed by atoms with Crippen molar-refractivity contribution in [1.29, 1.82) is 0 Å². The number of carbonyl (C=O) groups excluding carboxylic acids is 1. The van der Waals surface area contributed by atoms with Crippen LogP contribution in [0.25, 0.3) is 0 Å². The summed E-state index contributed by atoms with van der Waals surface area (Å²) in [5.74, 6) is -0.540. The van der Waals surface area contributed by atoms with E-state index in [-0.39, 0.29) is 11.7 Å². The molecule has 1 heterocycles. The molecule has 0 saturated carbocycles. The molecular weight excluding hydrogens is 425 g/mol. The van der Waals surface area contributed by atoms with Crippen molar-refractivity contribution >= 4 is 17.2 Å². The lowest BCUT2D eigenvalue weighted by Crippen LogP contribution is -2.33. The molecule has 1 aliphatic carbocycles. The molecule has 3 nitrogen and oxygen atoms in total. The van der Waals surface area contributed by atoms with Crippen LogP contribution in [0.3, 0.4) is 0 Å². The number of carbonyl (C=O) groups is 1. The number of hydrogen-bond donors (Lipinski definition) is 2. The number of nitrogens with one attached hydrogen (secondary N) is 2. The van der Waals surface area contributed by atoms with E-state index in [4.69, 9.17) is 0 Å². The van der Waals surface area contributed by atoms with E-state index in [9.17, 15) is 18.0 Å². The molecule has 3 unspecified atom stereocenters. The first kappa shape index (κ1) is 21.3. The highest BCUT2D eigenvalue weighted by Gasteiger charge is 2.40. The first-order valence-electron chi connectivity index (χ1n) is 10.9. The van der Waals surface area contributed by atoms with E-state index in [0.717, 1.165) is 40.3 Å². The minimum Gasteiger partial charge on any atom is -0.375 e. The van der Waals surface area contributed by atoms with Crippen molar-refractivity contribution in [3.63, 3.8) is 0 Å². The Morgan fingerprint density at radius 1 is 0.848 bits per heavy atom. The summed E-state index contributed by atoms with van der Waals surface area (Å²) in [7, 11) is 0. The molecule has 3 aromatic rings. The van der Waals surface area contributed by atoms with Gasteiger partial charge in [-0.1, -0.05) is 60.2 Å². The molecule has 3 atom stereocenters. The molecule has 0 spiro atoms. The Morgan fingerprint density at radius 2 is 1.48 bits per heavy atom. The van der Waals surface area contributed by atoms with Crippen molar-refractivity contribution in [3.05, 3.63) is 107 Å². The van der Waals surface area contributed by atoms with Gasteiger partial charge in [0.2, 0.25) is 0 Å². The van der Waals surface area contributed by atoms with Crippen molar-refractivity contribution in [2.75, 3.05) is 10.6 Å². The molecule has 2 aliphatic rings. The fourth-order valence-electron chi connectivity index (χ4n) is 4.69. The van der Waals surface area contributed by atoms with Crippen molar-refractivity contribution < 1.29 is 18.0 Å². The molecule has 2 N–H and O–H groups in total. The Bertz CT molecular complexity index is 1210. The number of fused-ring (bicyclic) bond motifs is 2. The Morgan fingerprint density at radius 3 is 2.15 bits per heavy atom. The van der Waals surface area contributed by atoms with Gasteiger partial charge in [-0.05, 0) is 42.3 Å². The van der Waals surface area contributed by atoms with E-state index in [1.165, 1.54) is 12.1 Å². The summed E-state index contributed by atoms with van der Waals surface area (Å²) >= 11 is 0. The number of rotatable bonds is 2. The standard InChI is InChI=1S/C27H23F3N2O/c1-16-6-8-17(9-7-16)19-14-23-25(24(33)15-19)26(32-22-5-3-2-4-21(22)31-23)18-10-12-20(13-11-18)27(28,29)30/h2-14,19,25-26,31-32H,15H2,1H3. The lowest BCUT2D eigenvalue weighted by atomic mass is 9.76. The minimum absolute atomic E-state index is 0.0516. The maximum atomic E-state index is 13.5. The number of aryl methyl sites for hydroxylation is 1. The van der Waals surface area contributed by atoms with Crippen LogP contribution in [0, 0.1) is 12.8 Å². The first-order valence-corrected chi connectivity index (χ1v) is 10.9. The van der Waals surface area contributed by atoms with Gasteiger partial charge in [0.15, 0.2) is 0 Å². The Hall–Kier alpha value is -3.54. The fourth-order valence-corrected chi connectivity index (χ4v) is 4.69.